The van der Waals surface area contributed by atoms with Crippen LogP contribution in [-0.4, -0.2) is 31.3 Å². The summed E-state index contributed by atoms with van der Waals surface area (Å²) >= 11 is 5.75. The number of esters is 1. The van der Waals surface area contributed by atoms with Crippen molar-refractivity contribution in [3.8, 4) is 5.75 Å². The fourth-order valence-corrected chi connectivity index (χ4v) is 1.77. The lowest BCUT2D eigenvalue weighted by atomic mass is 10.1. The summed E-state index contributed by atoms with van der Waals surface area (Å²) in [5.41, 5.74) is 0.0678. The number of rotatable bonds is 7. The van der Waals surface area contributed by atoms with Gasteiger partial charge in [-0.3, -0.25) is 9.59 Å². The van der Waals surface area contributed by atoms with Crippen molar-refractivity contribution in [2.45, 2.75) is 13.3 Å². The third kappa shape index (κ3) is 4.66. The van der Waals surface area contributed by atoms with Gasteiger partial charge in [0.2, 0.25) is 5.78 Å². The molecule has 0 aliphatic carbocycles. The lowest BCUT2D eigenvalue weighted by molar-refractivity contribution is -0.154. The second-order valence-corrected chi connectivity index (χ2v) is 4.51. The predicted molar refractivity (Wildman–Crippen MR) is 78.3 cm³/mol. The van der Waals surface area contributed by atoms with Gasteiger partial charge in [0.25, 0.3) is 0 Å². The van der Waals surface area contributed by atoms with Crippen LogP contribution >= 0.6 is 11.6 Å². The van der Waals surface area contributed by atoms with Crippen LogP contribution in [0, 0.1) is 5.82 Å². The van der Waals surface area contributed by atoms with Crippen LogP contribution in [0.15, 0.2) is 18.2 Å². The lowest BCUT2D eigenvalue weighted by Crippen LogP contribution is -2.19. The van der Waals surface area contributed by atoms with E-state index in [0.717, 1.165) is 6.08 Å². The Bertz CT molecular complexity index is 625. The van der Waals surface area contributed by atoms with Crippen LogP contribution in [0.2, 0.25) is 5.02 Å². The highest BCUT2D eigenvalue weighted by molar-refractivity contribution is 6.37. The average molecular weight is 329 g/mol. The van der Waals surface area contributed by atoms with Crippen LogP contribution in [0.25, 0.3) is 6.08 Å². The Morgan fingerprint density at radius 2 is 2.00 bits per heavy atom. The Balaban J connectivity index is 2.79. The van der Waals surface area contributed by atoms with Crippen LogP contribution in [-0.2, 0) is 19.1 Å². The molecular formula is C15H14ClFO5. The first-order valence-electron chi connectivity index (χ1n) is 6.33. The molecule has 0 amide bonds. The highest BCUT2D eigenvalue weighted by Crippen LogP contribution is 2.30. The van der Waals surface area contributed by atoms with E-state index in [9.17, 15) is 18.8 Å². The Morgan fingerprint density at radius 3 is 2.59 bits per heavy atom. The first-order valence-corrected chi connectivity index (χ1v) is 6.71. The van der Waals surface area contributed by atoms with Crippen molar-refractivity contribution in [2.75, 3.05) is 13.7 Å². The molecule has 0 spiro atoms. The molecule has 0 saturated heterocycles. The smallest absolute Gasteiger partial charge is 0.375 e. The van der Waals surface area contributed by atoms with E-state index in [1.54, 1.807) is 6.92 Å². The molecule has 0 bridgehead atoms. The number of allylic oxidation sites excluding steroid dienone is 1. The molecule has 0 N–H and O–H groups in total. The van der Waals surface area contributed by atoms with Gasteiger partial charge in [0.05, 0.1) is 25.2 Å². The van der Waals surface area contributed by atoms with Gasteiger partial charge >= 0.3 is 5.97 Å². The summed E-state index contributed by atoms with van der Waals surface area (Å²) in [5, 5.41) is 0.0981. The number of ether oxygens (including phenoxy) is 2. The second kappa shape index (κ2) is 8.29. The van der Waals surface area contributed by atoms with Gasteiger partial charge in [-0.15, -0.1) is 0 Å². The summed E-state index contributed by atoms with van der Waals surface area (Å²) < 4.78 is 23.2. The molecule has 1 aromatic carbocycles. The standard InChI is InChI=1S/C15H14ClFO5/c1-3-22-15(20)12(19)8-10(18)6-4-9-5-7-11(16)14(21-2)13(9)17/h4-7H,3,8H2,1-2H3. The van der Waals surface area contributed by atoms with Crippen molar-refractivity contribution in [3.05, 3.63) is 34.6 Å². The van der Waals surface area contributed by atoms with E-state index in [0.29, 0.717) is 0 Å². The maximum absolute atomic E-state index is 14.0. The highest BCUT2D eigenvalue weighted by Gasteiger charge is 2.17. The molecule has 22 heavy (non-hydrogen) atoms. The maximum atomic E-state index is 14.0. The van der Waals surface area contributed by atoms with Gasteiger partial charge < -0.3 is 9.47 Å². The highest BCUT2D eigenvalue weighted by atomic mass is 35.5. The molecule has 5 nitrogen and oxygen atoms in total. The molecule has 0 unspecified atom stereocenters. The third-order valence-corrected chi connectivity index (χ3v) is 2.87. The van der Waals surface area contributed by atoms with Crippen molar-refractivity contribution in [3.63, 3.8) is 0 Å². The first kappa shape index (κ1) is 17.8. The van der Waals surface area contributed by atoms with Crippen molar-refractivity contribution in [2.24, 2.45) is 0 Å². The maximum Gasteiger partial charge on any atom is 0.375 e. The second-order valence-electron chi connectivity index (χ2n) is 4.10. The number of hydrogen-bond acceptors (Lipinski definition) is 5. The quantitative estimate of drug-likeness (QED) is 0.333. The minimum atomic E-state index is -1.07. The molecule has 1 aromatic rings. The van der Waals surface area contributed by atoms with Gasteiger partial charge in [-0.2, -0.15) is 0 Å². The van der Waals surface area contributed by atoms with E-state index < -0.39 is 29.8 Å². The number of ketones is 2. The summed E-state index contributed by atoms with van der Waals surface area (Å²) in [5.74, 6) is -3.53. The zero-order valence-electron chi connectivity index (χ0n) is 12.0. The third-order valence-electron chi connectivity index (χ3n) is 2.57. The number of hydrogen-bond donors (Lipinski definition) is 0. The molecule has 0 aromatic heterocycles. The molecule has 0 fully saturated rings. The Morgan fingerprint density at radius 1 is 1.32 bits per heavy atom. The van der Waals surface area contributed by atoms with E-state index in [-0.39, 0.29) is 22.9 Å². The van der Waals surface area contributed by atoms with E-state index in [4.69, 9.17) is 16.3 Å². The molecule has 1 rings (SSSR count). The number of methoxy groups -OCH3 is 1. The van der Waals surface area contributed by atoms with Crippen LogP contribution in [0.4, 0.5) is 4.39 Å². The summed E-state index contributed by atoms with van der Waals surface area (Å²) in [4.78, 5) is 34.0. The zero-order valence-corrected chi connectivity index (χ0v) is 12.8. The van der Waals surface area contributed by atoms with E-state index in [2.05, 4.69) is 4.74 Å². The van der Waals surface area contributed by atoms with Gasteiger partial charge in [-0.05, 0) is 25.1 Å². The molecule has 0 heterocycles. The Labute approximate surface area is 131 Å². The molecule has 0 aliphatic rings. The van der Waals surface area contributed by atoms with Crippen molar-refractivity contribution < 1.29 is 28.2 Å². The average Bonchev–Trinajstić information content (AvgIpc) is 2.47. The van der Waals surface area contributed by atoms with E-state index in [1.807, 2.05) is 0 Å². The summed E-state index contributed by atoms with van der Waals surface area (Å²) in [7, 11) is 1.26. The van der Waals surface area contributed by atoms with Crippen LogP contribution in [0.3, 0.4) is 0 Å². The van der Waals surface area contributed by atoms with Crippen LogP contribution in [0.1, 0.15) is 18.9 Å². The summed E-state index contributed by atoms with van der Waals surface area (Å²) in [6.45, 7) is 1.59. The van der Waals surface area contributed by atoms with Crippen molar-refractivity contribution in [1.82, 2.24) is 0 Å². The number of benzene rings is 1. The largest absolute Gasteiger partial charge is 0.492 e. The summed E-state index contributed by atoms with van der Waals surface area (Å²) in [6, 6.07) is 2.77. The fourth-order valence-electron chi connectivity index (χ4n) is 1.55. The predicted octanol–water partition coefficient (Wildman–Crippen LogP) is 2.59. The summed E-state index contributed by atoms with van der Waals surface area (Å²) in [6.07, 6.45) is 1.54. The van der Waals surface area contributed by atoms with E-state index >= 15 is 0 Å². The van der Waals surface area contributed by atoms with E-state index in [1.165, 1.54) is 25.3 Å². The van der Waals surface area contributed by atoms with Crippen LogP contribution in [0.5, 0.6) is 5.75 Å². The monoisotopic (exact) mass is 328 g/mol. The Hall–Kier alpha value is -2.21. The van der Waals surface area contributed by atoms with Gasteiger partial charge in [-0.25, -0.2) is 9.18 Å². The molecule has 0 atom stereocenters. The SMILES string of the molecule is CCOC(=O)C(=O)CC(=O)C=Cc1ccc(Cl)c(OC)c1F. The van der Waals surface area contributed by atoms with Crippen molar-refractivity contribution in [1.29, 1.82) is 0 Å². The first-order chi connectivity index (χ1) is 10.4. The molecule has 0 radical (unpaired) electrons. The molecular weight excluding hydrogens is 315 g/mol. The van der Waals surface area contributed by atoms with Gasteiger partial charge in [0.15, 0.2) is 17.3 Å². The zero-order chi connectivity index (χ0) is 16.7. The number of halogens is 2. The van der Waals surface area contributed by atoms with Gasteiger partial charge in [-0.1, -0.05) is 17.7 Å². The van der Waals surface area contributed by atoms with Crippen LogP contribution < -0.4 is 4.74 Å². The lowest BCUT2D eigenvalue weighted by Gasteiger charge is -2.06. The molecule has 118 valence electrons. The number of Topliss-reactive ketones (excluding diaryl/α,β-unsaturated/α-hetero) is 1. The van der Waals surface area contributed by atoms with Gasteiger partial charge in [0, 0.05) is 5.56 Å². The minimum Gasteiger partial charge on any atom is -0.492 e. The topological polar surface area (TPSA) is 69.7 Å². The molecule has 7 heteroatoms. The number of carbonyl (C=O) groups is 3. The number of carbonyl (C=O) groups excluding carboxylic acids is 3. The molecule has 0 aliphatic heterocycles. The van der Waals surface area contributed by atoms with Gasteiger partial charge in [0.1, 0.15) is 0 Å². The molecule has 0 saturated carbocycles. The van der Waals surface area contributed by atoms with Crippen molar-refractivity contribution >= 4 is 35.2 Å². The Kier molecular flexibility index (Phi) is 6.72. The minimum absolute atomic E-state index is 0.0460. The fraction of sp³-hybridized carbons (Fsp3) is 0.267. The normalized spacial score (nSPS) is 10.5.